The van der Waals surface area contributed by atoms with Crippen molar-refractivity contribution in [1.29, 1.82) is 0 Å². The molecule has 7 nitrogen and oxygen atoms in total. The summed E-state index contributed by atoms with van der Waals surface area (Å²) < 4.78 is 10.7. The van der Waals surface area contributed by atoms with Gasteiger partial charge < -0.3 is 9.47 Å². The van der Waals surface area contributed by atoms with Crippen LogP contribution in [0.4, 0.5) is 5.69 Å². The van der Waals surface area contributed by atoms with Gasteiger partial charge in [-0.25, -0.2) is 4.79 Å². The third kappa shape index (κ3) is 3.46. The van der Waals surface area contributed by atoms with Crippen LogP contribution >= 0.6 is 0 Å². The second-order valence-electron chi connectivity index (χ2n) is 7.64. The van der Waals surface area contributed by atoms with Gasteiger partial charge in [0.05, 0.1) is 25.3 Å². The van der Waals surface area contributed by atoms with E-state index in [2.05, 4.69) is 24.0 Å². The molecule has 0 bridgehead atoms. The lowest BCUT2D eigenvalue weighted by Crippen LogP contribution is -2.29. The molecule has 1 N–H and O–H groups in total. The number of methoxy groups -OCH3 is 1. The van der Waals surface area contributed by atoms with E-state index >= 15 is 0 Å². The van der Waals surface area contributed by atoms with Crippen LogP contribution in [0.2, 0.25) is 0 Å². The summed E-state index contributed by atoms with van der Waals surface area (Å²) in [6.07, 6.45) is 0. The van der Waals surface area contributed by atoms with E-state index in [1.165, 1.54) is 0 Å². The van der Waals surface area contributed by atoms with Crippen LogP contribution < -0.4 is 9.64 Å². The molecular weight excluding hydrogens is 394 g/mol. The van der Waals surface area contributed by atoms with Crippen molar-refractivity contribution in [3.05, 3.63) is 76.6 Å². The van der Waals surface area contributed by atoms with Crippen molar-refractivity contribution in [3.63, 3.8) is 0 Å². The maximum absolute atomic E-state index is 13.4. The average Bonchev–Trinajstić information content (AvgIpc) is 3.33. The smallest absolute Gasteiger partial charge is 0.338 e. The van der Waals surface area contributed by atoms with Crippen LogP contribution in [0, 0.1) is 0 Å². The first-order chi connectivity index (χ1) is 15.0. The lowest BCUT2D eigenvalue weighted by molar-refractivity contribution is 0.0526. The number of H-pyrrole nitrogens is 1. The number of rotatable bonds is 6. The maximum Gasteiger partial charge on any atom is 0.338 e. The van der Waals surface area contributed by atoms with E-state index in [0.29, 0.717) is 29.3 Å². The number of carbonyl (C=O) groups excluding carboxylic acids is 2. The number of para-hydroxylation sites is 1. The molecule has 0 fully saturated rings. The van der Waals surface area contributed by atoms with Gasteiger partial charge in [-0.2, -0.15) is 5.10 Å². The quantitative estimate of drug-likeness (QED) is 0.596. The van der Waals surface area contributed by atoms with Crippen LogP contribution in [0.1, 0.15) is 70.4 Å². The van der Waals surface area contributed by atoms with Crippen molar-refractivity contribution < 1.29 is 19.1 Å². The van der Waals surface area contributed by atoms with Crippen molar-refractivity contribution >= 4 is 17.6 Å². The van der Waals surface area contributed by atoms with Gasteiger partial charge in [-0.3, -0.25) is 14.8 Å². The maximum atomic E-state index is 13.4. The minimum absolute atomic E-state index is 0.160. The Morgan fingerprint density at radius 1 is 1.16 bits per heavy atom. The number of anilines is 1. The minimum atomic E-state index is -0.400. The molecular formula is C24H25N3O4. The van der Waals surface area contributed by atoms with Gasteiger partial charge in [0, 0.05) is 22.5 Å². The van der Waals surface area contributed by atoms with Crippen LogP contribution in [-0.2, 0) is 4.74 Å². The second kappa shape index (κ2) is 8.26. The second-order valence-corrected chi connectivity index (χ2v) is 7.64. The predicted molar refractivity (Wildman–Crippen MR) is 117 cm³/mol. The molecule has 1 atom stereocenters. The van der Waals surface area contributed by atoms with Crippen LogP contribution in [0.3, 0.4) is 0 Å². The molecule has 1 aromatic heterocycles. The van der Waals surface area contributed by atoms with E-state index in [0.717, 1.165) is 16.8 Å². The fourth-order valence-electron chi connectivity index (χ4n) is 4.03. The van der Waals surface area contributed by atoms with Gasteiger partial charge in [-0.05, 0) is 43.2 Å². The number of amides is 1. The van der Waals surface area contributed by atoms with Crippen molar-refractivity contribution in [1.82, 2.24) is 10.2 Å². The van der Waals surface area contributed by atoms with Gasteiger partial charge in [0.1, 0.15) is 5.75 Å². The number of ether oxygens (including phenoxy) is 2. The van der Waals surface area contributed by atoms with E-state index in [-0.39, 0.29) is 11.8 Å². The summed E-state index contributed by atoms with van der Waals surface area (Å²) in [7, 11) is 1.62. The third-order valence-electron chi connectivity index (χ3n) is 5.45. The lowest BCUT2D eigenvalue weighted by Gasteiger charge is -2.28. The first kappa shape index (κ1) is 20.7. The number of hydrogen-bond acceptors (Lipinski definition) is 5. The molecule has 1 amide bonds. The van der Waals surface area contributed by atoms with Gasteiger partial charge in [0.25, 0.3) is 5.91 Å². The minimum Gasteiger partial charge on any atom is -0.496 e. The Morgan fingerprint density at radius 2 is 1.87 bits per heavy atom. The van der Waals surface area contributed by atoms with Crippen LogP contribution in [0.15, 0.2) is 48.5 Å². The van der Waals surface area contributed by atoms with Gasteiger partial charge in [-0.15, -0.1) is 0 Å². The van der Waals surface area contributed by atoms with Crippen molar-refractivity contribution in [2.24, 2.45) is 0 Å². The topological polar surface area (TPSA) is 84.5 Å². The molecule has 2 heterocycles. The van der Waals surface area contributed by atoms with Crippen LogP contribution in [0.25, 0.3) is 0 Å². The Labute approximate surface area is 181 Å². The van der Waals surface area contributed by atoms with E-state index in [4.69, 9.17) is 9.47 Å². The molecule has 1 unspecified atom stereocenters. The number of aromatic nitrogens is 2. The van der Waals surface area contributed by atoms with Crippen molar-refractivity contribution in [3.8, 4) is 5.75 Å². The number of nitrogens with zero attached hydrogens (tertiary/aromatic N) is 2. The van der Waals surface area contributed by atoms with Gasteiger partial charge in [-0.1, -0.05) is 32.0 Å². The Balaban J connectivity index is 1.85. The molecule has 1 aliphatic rings. The SMILES string of the molecule is CCOC(=O)c1ccc(N2C(=O)c3n[nH]c(C(C)C)c3C2c2ccccc2OC)cc1. The van der Waals surface area contributed by atoms with Crippen LogP contribution in [-0.4, -0.2) is 35.8 Å². The van der Waals surface area contributed by atoms with E-state index in [1.807, 2.05) is 24.3 Å². The molecule has 0 aliphatic carbocycles. The Bertz CT molecular complexity index is 1120. The summed E-state index contributed by atoms with van der Waals surface area (Å²) in [5, 5.41) is 7.40. The zero-order chi connectivity index (χ0) is 22.1. The highest BCUT2D eigenvalue weighted by molar-refractivity contribution is 6.11. The largest absolute Gasteiger partial charge is 0.496 e. The first-order valence-electron chi connectivity index (χ1n) is 10.3. The molecule has 3 aromatic rings. The molecule has 160 valence electrons. The van der Waals surface area contributed by atoms with E-state index in [9.17, 15) is 9.59 Å². The molecule has 0 saturated carbocycles. The highest BCUT2D eigenvalue weighted by Gasteiger charge is 2.44. The van der Waals surface area contributed by atoms with Gasteiger partial charge in [0.2, 0.25) is 0 Å². The summed E-state index contributed by atoms with van der Waals surface area (Å²) in [6, 6.07) is 14.1. The highest BCUT2D eigenvalue weighted by Crippen LogP contribution is 2.46. The molecule has 0 spiro atoms. The number of esters is 1. The monoisotopic (exact) mass is 419 g/mol. The Morgan fingerprint density at radius 3 is 2.52 bits per heavy atom. The third-order valence-corrected chi connectivity index (χ3v) is 5.45. The fraction of sp³-hybridized carbons (Fsp3) is 0.292. The summed E-state index contributed by atoms with van der Waals surface area (Å²) >= 11 is 0. The molecule has 31 heavy (non-hydrogen) atoms. The number of carbonyl (C=O) groups is 2. The number of benzene rings is 2. The fourth-order valence-corrected chi connectivity index (χ4v) is 4.03. The van der Waals surface area contributed by atoms with E-state index in [1.54, 1.807) is 43.2 Å². The zero-order valence-electron chi connectivity index (χ0n) is 18.0. The molecule has 7 heteroatoms. The van der Waals surface area contributed by atoms with Crippen molar-refractivity contribution in [2.45, 2.75) is 32.7 Å². The number of fused-ring (bicyclic) bond motifs is 1. The van der Waals surface area contributed by atoms with Crippen molar-refractivity contribution in [2.75, 3.05) is 18.6 Å². The molecule has 4 rings (SSSR count). The zero-order valence-corrected chi connectivity index (χ0v) is 18.0. The molecule has 1 aliphatic heterocycles. The summed E-state index contributed by atoms with van der Waals surface area (Å²) in [5.74, 6) is 0.265. The summed E-state index contributed by atoms with van der Waals surface area (Å²) in [4.78, 5) is 27.2. The lowest BCUT2D eigenvalue weighted by atomic mass is 9.94. The Kier molecular flexibility index (Phi) is 5.50. The summed E-state index contributed by atoms with van der Waals surface area (Å²) in [6.45, 7) is 6.20. The molecule has 0 saturated heterocycles. The number of aromatic amines is 1. The highest BCUT2D eigenvalue weighted by atomic mass is 16.5. The van der Waals surface area contributed by atoms with Gasteiger partial charge in [0.15, 0.2) is 5.69 Å². The first-order valence-corrected chi connectivity index (χ1v) is 10.3. The number of nitrogens with one attached hydrogen (secondary N) is 1. The number of hydrogen-bond donors (Lipinski definition) is 1. The average molecular weight is 419 g/mol. The predicted octanol–water partition coefficient (Wildman–Crippen LogP) is 4.47. The normalized spacial score (nSPS) is 15.3. The van der Waals surface area contributed by atoms with Crippen LogP contribution in [0.5, 0.6) is 5.75 Å². The standard InChI is InChI=1S/C24H25N3O4/c1-5-31-24(29)15-10-12-16(13-11-15)27-22(17-8-6-7-9-18(17)30-4)19-20(14(2)3)25-26-21(19)23(27)28/h6-14,22H,5H2,1-4H3,(H,25,26). The Hall–Kier alpha value is -3.61. The van der Waals surface area contributed by atoms with E-state index < -0.39 is 12.0 Å². The van der Waals surface area contributed by atoms with Gasteiger partial charge >= 0.3 is 5.97 Å². The summed E-state index contributed by atoms with van der Waals surface area (Å²) in [5.41, 5.74) is 4.17. The molecule has 0 radical (unpaired) electrons. The molecule has 2 aromatic carbocycles.